The highest BCUT2D eigenvalue weighted by molar-refractivity contribution is 5.95. The largest absolute Gasteiger partial charge is 0.489 e. The number of nitrogens with zero attached hydrogens (tertiary/aromatic N) is 1. The van der Waals surface area contributed by atoms with Gasteiger partial charge in [-0.15, -0.1) is 0 Å². The van der Waals surface area contributed by atoms with Crippen molar-refractivity contribution in [2.24, 2.45) is 0 Å². The van der Waals surface area contributed by atoms with E-state index in [1.807, 2.05) is 30.3 Å². The van der Waals surface area contributed by atoms with Crippen molar-refractivity contribution in [2.45, 2.75) is 25.9 Å². The number of likely N-dealkylation sites (tertiary alicyclic amines) is 1. The van der Waals surface area contributed by atoms with Gasteiger partial charge < -0.3 is 9.64 Å². The number of ether oxygens (including phenoxy) is 1. The van der Waals surface area contributed by atoms with Gasteiger partial charge in [-0.1, -0.05) is 30.3 Å². The van der Waals surface area contributed by atoms with Crippen LogP contribution in [0.1, 0.15) is 35.2 Å². The van der Waals surface area contributed by atoms with E-state index in [9.17, 15) is 13.6 Å². The number of carbonyl (C=O) groups is 1. The molecule has 5 heteroatoms. The fraction of sp³-hybridized carbons (Fsp3) is 0.316. The van der Waals surface area contributed by atoms with Gasteiger partial charge in [0.2, 0.25) is 0 Å². The Morgan fingerprint density at radius 3 is 2.25 bits per heavy atom. The number of carbonyl (C=O) groups excluding carboxylic acids is 1. The maximum atomic E-state index is 14.3. The summed E-state index contributed by atoms with van der Waals surface area (Å²) in [5.41, 5.74) is 0.399. The van der Waals surface area contributed by atoms with Gasteiger partial charge in [-0.3, -0.25) is 4.79 Å². The smallest absolute Gasteiger partial charge is 0.259 e. The molecule has 1 heterocycles. The third-order valence-corrected chi connectivity index (χ3v) is 4.12. The Hall–Kier alpha value is -2.43. The molecule has 3 nitrogen and oxygen atoms in total. The number of rotatable bonds is 4. The van der Waals surface area contributed by atoms with Crippen LogP contribution in [0.2, 0.25) is 0 Å². The molecule has 1 saturated heterocycles. The van der Waals surface area contributed by atoms with Gasteiger partial charge in [0.05, 0.1) is 0 Å². The summed E-state index contributed by atoms with van der Waals surface area (Å²) in [4.78, 5) is 13.8. The Balaban J connectivity index is 1.74. The quantitative estimate of drug-likeness (QED) is 0.841. The second-order valence-corrected chi connectivity index (χ2v) is 5.89. The second kappa shape index (κ2) is 7.43. The Morgan fingerprint density at radius 2 is 1.62 bits per heavy atom. The zero-order valence-corrected chi connectivity index (χ0v) is 13.3. The van der Waals surface area contributed by atoms with E-state index in [0.29, 0.717) is 13.1 Å². The topological polar surface area (TPSA) is 29.5 Å². The van der Waals surface area contributed by atoms with Crippen molar-refractivity contribution >= 4 is 5.91 Å². The van der Waals surface area contributed by atoms with E-state index in [-0.39, 0.29) is 12.4 Å². The Bertz CT molecular complexity index is 690. The normalized spacial score (nSPS) is 14.5. The van der Waals surface area contributed by atoms with E-state index < -0.39 is 23.1 Å². The minimum Gasteiger partial charge on any atom is -0.489 e. The zero-order valence-electron chi connectivity index (χ0n) is 13.3. The van der Waals surface area contributed by atoms with Crippen LogP contribution in [0.4, 0.5) is 8.78 Å². The summed E-state index contributed by atoms with van der Waals surface area (Å²) in [7, 11) is 0. The van der Waals surface area contributed by atoms with Crippen LogP contribution < -0.4 is 4.74 Å². The highest BCUT2D eigenvalue weighted by Crippen LogP contribution is 2.24. The van der Waals surface area contributed by atoms with Crippen molar-refractivity contribution in [3.05, 3.63) is 65.2 Å². The molecular formula is C19H19F2NO2. The summed E-state index contributed by atoms with van der Waals surface area (Å²) in [5.74, 6) is -2.27. The van der Waals surface area contributed by atoms with Crippen molar-refractivity contribution in [3.8, 4) is 5.75 Å². The maximum absolute atomic E-state index is 14.3. The van der Waals surface area contributed by atoms with Crippen LogP contribution in [0.5, 0.6) is 5.75 Å². The van der Waals surface area contributed by atoms with Gasteiger partial charge in [-0.25, -0.2) is 8.78 Å². The molecule has 2 aromatic carbocycles. The number of piperidine rings is 1. The van der Waals surface area contributed by atoms with Crippen LogP contribution in [-0.2, 0) is 6.61 Å². The molecule has 1 amide bonds. The summed E-state index contributed by atoms with van der Waals surface area (Å²) in [5, 5.41) is 0. The van der Waals surface area contributed by atoms with E-state index in [1.165, 1.54) is 4.90 Å². The molecule has 2 aromatic rings. The first-order valence-electron chi connectivity index (χ1n) is 8.10. The Labute approximate surface area is 139 Å². The number of halogens is 2. The molecule has 0 saturated carbocycles. The Morgan fingerprint density at radius 1 is 1.00 bits per heavy atom. The van der Waals surface area contributed by atoms with Gasteiger partial charge in [0.15, 0.2) is 0 Å². The van der Waals surface area contributed by atoms with Gasteiger partial charge in [0.25, 0.3) is 5.91 Å². The minimum atomic E-state index is -0.881. The van der Waals surface area contributed by atoms with Crippen LogP contribution in [0.3, 0.4) is 0 Å². The van der Waals surface area contributed by atoms with Crippen molar-refractivity contribution in [2.75, 3.05) is 13.1 Å². The fourth-order valence-electron chi connectivity index (χ4n) is 2.83. The Kier molecular flexibility index (Phi) is 5.08. The third kappa shape index (κ3) is 3.72. The predicted molar refractivity (Wildman–Crippen MR) is 86.9 cm³/mol. The monoisotopic (exact) mass is 331 g/mol. The average Bonchev–Trinajstić information content (AvgIpc) is 2.61. The van der Waals surface area contributed by atoms with Gasteiger partial charge in [0, 0.05) is 25.2 Å². The van der Waals surface area contributed by atoms with E-state index in [0.717, 1.165) is 37.0 Å². The number of hydrogen-bond acceptors (Lipinski definition) is 2. The predicted octanol–water partition coefficient (Wildman–Crippen LogP) is 4.17. The second-order valence-electron chi connectivity index (χ2n) is 5.89. The molecule has 0 atom stereocenters. The molecule has 0 aliphatic carbocycles. The van der Waals surface area contributed by atoms with Gasteiger partial charge in [-0.2, -0.15) is 0 Å². The van der Waals surface area contributed by atoms with E-state index >= 15 is 0 Å². The van der Waals surface area contributed by atoms with Crippen LogP contribution in [0, 0.1) is 11.6 Å². The highest BCUT2D eigenvalue weighted by atomic mass is 19.1. The summed E-state index contributed by atoms with van der Waals surface area (Å²) in [6, 6.07) is 11.5. The molecule has 126 valence electrons. The third-order valence-electron chi connectivity index (χ3n) is 4.12. The SMILES string of the molecule is O=C(c1c(F)cc(OCc2ccccc2)cc1F)N1CCCCC1. The summed E-state index contributed by atoms with van der Waals surface area (Å²) in [6.07, 6.45) is 2.78. The molecule has 0 spiro atoms. The van der Waals surface area contributed by atoms with Crippen LogP contribution >= 0.6 is 0 Å². The lowest BCUT2D eigenvalue weighted by Crippen LogP contribution is -2.36. The van der Waals surface area contributed by atoms with E-state index in [1.54, 1.807) is 0 Å². The van der Waals surface area contributed by atoms with E-state index in [4.69, 9.17) is 4.74 Å². The fourth-order valence-corrected chi connectivity index (χ4v) is 2.83. The average molecular weight is 331 g/mol. The van der Waals surface area contributed by atoms with Crippen LogP contribution in [0.15, 0.2) is 42.5 Å². The number of amides is 1. The molecule has 0 unspecified atom stereocenters. The maximum Gasteiger partial charge on any atom is 0.259 e. The van der Waals surface area contributed by atoms with Crippen molar-refractivity contribution in [3.63, 3.8) is 0 Å². The molecule has 1 aliphatic heterocycles. The molecule has 24 heavy (non-hydrogen) atoms. The van der Waals surface area contributed by atoms with Crippen molar-refractivity contribution in [1.29, 1.82) is 0 Å². The lowest BCUT2D eigenvalue weighted by atomic mass is 10.1. The van der Waals surface area contributed by atoms with Crippen LogP contribution in [0.25, 0.3) is 0 Å². The first-order valence-corrected chi connectivity index (χ1v) is 8.10. The standard InChI is InChI=1S/C19H19F2NO2/c20-16-11-15(24-13-14-7-3-1-4-8-14)12-17(21)18(16)19(23)22-9-5-2-6-10-22/h1,3-4,7-8,11-12H,2,5-6,9-10,13H2. The number of benzene rings is 2. The first kappa shape index (κ1) is 16.4. The highest BCUT2D eigenvalue weighted by Gasteiger charge is 2.25. The summed E-state index contributed by atoms with van der Waals surface area (Å²) >= 11 is 0. The molecule has 0 radical (unpaired) electrons. The molecule has 0 aromatic heterocycles. The molecular weight excluding hydrogens is 312 g/mol. The van der Waals surface area contributed by atoms with Crippen LogP contribution in [-0.4, -0.2) is 23.9 Å². The molecule has 0 N–H and O–H groups in total. The lowest BCUT2D eigenvalue weighted by molar-refractivity contribution is 0.0714. The molecule has 1 aliphatic rings. The first-order chi connectivity index (χ1) is 11.6. The minimum absolute atomic E-state index is 0.0732. The van der Waals surface area contributed by atoms with E-state index in [2.05, 4.69) is 0 Å². The summed E-state index contributed by atoms with van der Waals surface area (Å²) in [6.45, 7) is 1.30. The lowest BCUT2D eigenvalue weighted by Gasteiger charge is -2.27. The molecule has 0 bridgehead atoms. The zero-order chi connectivity index (χ0) is 16.9. The van der Waals surface area contributed by atoms with Gasteiger partial charge in [0.1, 0.15) is 29.6 Å². The van der Waals surface area contributed by atoms with Gasteiger partial charge in [-0.05, 0) is 24.8 Å². The van der Waals surface area contributed by atoms with Gasteiger partial charge >= 0.3 is 0 Å². The molecule has 1 fully saturated rings. The molecule has 3 rings (SSSR count). The van der Waals surface area contributed by atoms with Crippen molar-refractivity contribution < 1.29 is 18.3 Å². The number of hydrogen-bond donors (Lipinski definition) is 0. The summed E-state index contributed by atoms with van der Waals surface area (Å²) < 4.78 is 34.0. The van der Waals surface area contributed by atoms with Crippen molar-refractivity contribution in [1.82, 2.24) is 4.90 Å².